The standard InChI is InChI=1S/C25H45NO5S2Si2/c1-13-28-22(27)16-15-32-21(26-16)20-19(30-34(11,12)23(2,3)4)18-17(33-20)14-29-35(31-18,24(5,6)7)25(8,9)10/h15,17-20H,13-14H2,1-12H3/t17-,18-,19-,20-/m1/s1. The van der Waals surface area contributed by atoms with E-state index in [0.717, 1.165) is 5.01 Å². The lowest BCUT2D eigenvalue weighted by Crippen LogP contribution is -2.65. The van der Waals surface area contributed by atoms with Gasteiger partial charge in [-0.25, -0.2) is 9.78 Å². The molecule has 0 aromatic carbocycles. The van der Waals surface area contributed by atoms with Crippen molar-refractivity contribution in [3.8, 4) is 0 Å². The maximum atomic E-state index is 12.3. The van der Waals surface area contributed by atoms with E-state index in [2.05, 4.69) is 75.4 Å². The first-order chi connectivity index (χ1) is 15.8. The topological polar surface area (TPSA) is 66.9 Å². The third-order valence-corrected chi connectivity index (χ3v) is 19.7. The quantitative estimate of drug-likeness (QED) is 0.276. The Hall–Kier alpha value is -0.236. The van der Waals surface area contributed by atoms with Gasteiger partial charge in [0.05, 0.1) is 35.9 Å². The Morgan fingerprint density at radius 3 is 2.26 bits per heavy atom. The summed E-state index contributed by atoms with van der Waals surface area (Å²) in [7, 11) is -4.78. The van der Waals surface area contributed by atoms with Crippen LogP contribution in [0.1, 0.15) is 90.0 Å². The lowest BCUT2D eigenvalue weighted by atomic mass is 10.1. The van der Waals surface area contributed by atoms with Crippen molar-refractivity contribution >= 4 is 45.9 Å². The summed E-state index contributed by atoms with van der Waals surface area (Å²) in [5, 5.41) is 2.72. The SMILES string of the molecule is CCOC(=O)c1csc([C@@H]2S[C@@H]3CO[Si](C(C)(C)C)(C(C)(C)C)O[C@H]3[C@H]2O[Si](C)(C)C(C)(C)C)n1. The summed E-state index contributed by atoms with van der Waals surface area (Å²) >= 11 is 3.35. The normalized spacial score (nSPS) is 27.5. The first-order valence-electron chi connectivity index (χ1n) is 12.6. The van der Waals surface area contributed by atoms with E-state index in [1.165, 1.54) is 11.3 Å². The van der Waals surface area contributed by atoms with Crippen LogP contribution in [-0.4, -0.2) is 58.5 Å². The Labute approximate surface area is 222 Å². The average molecular weight is 560 g/mol. The van der Waals surface area contributed by atoms with Gasteiger partial charge in [-0.1, -0.05) is 62.3 Å². The summed E-state index contributed by atoms with van der Waals surface area (Å²) in [4.78, 5) is 17.0. The number of hydrogen-bond donors (Lipinski definition) is 0. The van der Waals surface area contributed by atoms with Gasteiger partial charge in [-0.2, -0.15) is 0 Å². The zero-order chi connectivity index (χ0) is 26.6. The van der Waals surface area contributed by atoms with Crippen molar-refractivity contribution in [2.75, 3.05) is 13.2 Å². The summed E-state index contributed by atoms with van der Waals surface area (Å²) in [5.74, 6) is -0.372. The number of thioether (sulfide) groups is 1. The number of rotatable bonds is 5. The molecule has 3 rings (SSSR count). The van der Waals surface area contributed by atoms with Crippen LogP contribution in [-0.2, 0) is 18.0 Å². The summed E-state index contributed by atoms with van der Waals surface area (Å²) in [5.41, 5.74) is 0.374. The molecule has 35 heavy (non-hydrogen) atoms. The Morgan fingerprint density at radius 1 is 1.14 bits per heavy atom. The zero-order valence-corrected chi connectivity index (χ0v) is 27.2. The molecule has 3 heterocycles. The smallest absolute Gasteiger partial charge is 0.357 e. The predicted octanol–water partition coefficient (Wildman–Crippen LogP) is 7.32. The van der Waals surface area contributed by atoms with Crippen molar-refractivity contribution in [1.82, 2.24) is 4.98 Å². The van der Waals surface area contributed by atoms with Gasteiger partial charge in [0, 0.05) is 15.5 Å². The molecule has 1 aromatic heterocycles. The Balaban J connectivity index is 2.03. The molecule has 0 saturated carbocycles. The number of hydrogen-bond acceptors (Lipinski definition) is 8. The van der Waals surface area contributed by atoms with Crippen molar-refractivity contribution in [3.05, 3.63) is 16.1 Å². The van der Waals surface area contributed by atoms with Crippen LogP contribution in [0.2, 0.25) is 28.2 Å². The molecular weight excluding hydrogens is 515 g/mol. The minimum Gasteiger partial charge on any atom is -0.461 e. The molecule has 200 valence electrons. The number of thiazole rings is 1. The minimum atomic E-state index is -2.66. The molecule has 0 radical (unpaired) electrons. The van der Waals surface area contributed by atoms with Crippen LogP contribution in [0.3, 0.4) is 0 Å². The molecule has 0 spiro atoms. The molecular formula is C25H45NO5S2Si2. The molecule has 0 unspecified atom stereocenters. The van der Waals surface area contributed by atoms with E-state index < -0.39 is 16.9 Å². The Kier molecular flexibility index (Phi) is 8.22. The van der Waals surface area contributed by atoms with Crippen molar-refractivity contribution in [2.45, 2.75) is 120 Å². The highest BCUT2D eigenvalue weighted by Crippen LogP contribution is 2.60. The molecule has 0 N–H and O–H groups in total. The summed E-state index contributed by atoms with van der Waals surface area (Å²) in [6.07, 6.45) is -0.222. The van der Waals surface area contributed by atoms with Gasteiger partial charge >= 0.3 is 14.5 Å². The number of ether oxygens (including phenoxy) is 1. The maximum absolute atomic E-state index is 12.3. The van der Waals surface area contributed by atoms with E-state index in [4.69, 9.17) is 23.0 Å². The number of nitrogens with zero attached hydrogens (tertiary/aromatic N) is 1. The van der Waals surface area contributed by atoms with E-state index in [1.807, 2.05) is 18.7 Å². The molecule has 2 aliphatic rings. The van der Waals surface area contributed by atoms with E-state index in [9.17, 15) is 4.79 Å². The lowest BCUT2D eigenvalue weighted by molar-refractivity contribution is -0.0281. The largest absolute Gasteiger partial charge is 0.461 e. The van der Waals surface area contributed by atoms with Crippen molar-refractivity contribution in [3.63, 3.8) is 0 Å². The highest BCUT2D eigenvalue weighted by atomic mass is 32.2. The molecule has 2 fully saturated rings. The van der Waals surface area contributed by atoms with Gasteiger partial charge in [-0.3, -0.25) is 0 Å². The highest BCUT2D eigenvalue weighted by Gasteiger charge is 2.65. The zero-order valence-electron chi connectivity index (χ0n) is 23.6. The first kappa shape index (κ1) is 29.3. The van der Waals surface area contributed by atoms with Gasteiger partial charge in [0.1, 0.15) is 5.01 Å². The van der Waals surface area contributed by atoms with Crippen molar-refractivity contribution < 1.29 is 22.8 Å². The number of carbonyl (C=O) groups excluding carboxylic acids is 1. The lowest BCUT2D eigenvalue weighted by Gasteiger charge is -2.54. The molecule has 2 aliphatic heterocycles. The van der Waals surface area contributed by atoms with Crippen LogP contribution in [0.15, 0.2) is 5.38 Å². The van der Waals surface area contributed by atoms with Gasteiger partial charge < -0.3 is 18.0 Å². The van der Waals surface area contributed by atoms with Gasteiger partial charge in [0.25, 0.3) is 0 Å². The van der Waals surface area contributed by atoms with Crippen LogP contribution in [0, 0.1) is 0 Å². The van der Waals surface area contributed by atoms with Crippen LogP contribution in [0.4, 0.5) is 0 Å². The van der Waals surface area contributed by atoms with Crippen molar-refractivity contribution in [1.29, 1.82) is 0 Å². The van der Waals surface area contributed by atoms with Crippen LogP contribution < -0.4 is 0 Å². The summed E-state index contributed by atoms with van der Waals surface area (Å²) in [6, 6.07) is 0. The average Bonchev–Trinajstić information content (AvgIpc) is 3.30. The van der Waals surface area contributed by atoms with E-state index in [-0.39, 0.29) is 43.8 Å². The maximum Gasteiger partial charge on any atom is 0.357 e. The van der Waals surface area contributed by atoms with Gasteiger partial charge in [-0.15, -0.1) is 23.1 Å². The van der Waals surface area contributed by atoms with Crippen molar-refractivity contribution in [2.24, 2.45) is 0 Å². The molecule has 0 amide bonds. The Bertz CT molecular complexity index is 902. The number of aromatic nitrogens is 1. The van der Waals surface area contributed by atoms with Gasteiger partial charge in [0.2, 0.25) is 0 Å². The molecule has 6 nitrogen and oxygen atoms in total. The summed E-state index contributed by atoms with van der Waals surface area (Å²) in [6.45, 7) is 27.7. The number of fused-ring (bicyclic) bond motifs is 1. The van der Waals surface area contributed by atoms with Gasteiger partial charge in [0.15, 0.2) is 14.0 Å². The fourth-order valence-corrected chi connectivity index (χ4v) is 14.1. The second-order valence-corrected chi connectivity index (χ2v) is 25.0. The fourth-order valence-electron chi connectivity index (χ4n) is 4.90. The number of carbonyl (C=O) groups is 1. The monoisotopic (exact) mass is 559 g/mol. The highest BCUT2D eigenvalue weighted by molar-refractivity contribution is 8.00. The number of esters is 1. The molecule has 4 atom stereocenters. The molecule has 2 saturated heterocycles. The van der Waals surface area contributed by atoms with E-state index in [1.54, 1.807) is 5.38 Å². The third-order valence-electron chi connectivity index (χ3n) is 7.52. The van der Waals surface area contributed by atoms with E-state index in [0.29, 0.717) is 18.9 Å². The second-order valence-electron chi connectivity index (χ2n) is 13.2. The molecule has 10 heteroatoms. The fraction of sp³-hybridized carbons (Fsp3) is 0.840. The van der Waals surface area contributed by atoms with E-state index >= 15 is 0 Å². The molecule has 0 bridgehead atoms. The van der Waals surface area contributed by atoms with Crippen LogP contribution in [0.25, 0.3) is 0 Å². The Morgan fingerprint density at radius 2 is 1.74 bits per heavy atom. The van der Waals surface area contributed by atoms with Gasteiger partial charge in [-0.05, 0) is 25.1 Å². The van der Waals surface area contributed by atoms with Crippen LogP contribution >= 0.6 is 23.1 Å². The third kappa shape index (κ3) is 5.49. The summed E-state index contributed by atoms with van der Waals surface area (Å²) < 4.78 is 26.3. The minimum absolute atomic E-state index is 0.0133. The van der Waals surface area contributed by atoms with Crippen LogP contribution in [0.5, 0.6) is 0 Å². The molecule has 0 aliphatic carbocycles. The predicted molar refractivity (Wildman–Crippen MR) is 150 cm³/mol. The first-order valence-corrected chi connectivity index (χ1v) is 19.2. The molecule has 1 aromatic rings. The second kappa shape index (κ2) is 9.82.